The Morgan fingerprint density at radius 2 is 2.19 bits per heavy atom. The third-order valence-electron chi connectivity index (χ3n) is 2.26. The maximum atomic E-state index is 13.4. The second kappa shape index (κ2) is 4.94. The molecule has 0 fully saturated rings. The summed E-state index contributed by atoms with van der Waals surface area (Å²) in [4.78, 5) is 11.3. The molecule has 0 spiro atoms. The SMILES string of the molecule is COCC(C)(Nc1ccccc1F)C(N)=O. The van der Waals surface area contributed by atoms with Crippen molar-refractivity contribution in [1.82, 2.24) is 0 Å². The summed E-state index contributed by atoms with van der Waals surface area (Å²) in [5, 5.41) is 2.75. The zero-order chi connectivity index (χ0) is 12.2. The number of hydrogen-bond donors (Lipinski definition) is 2. The molecule has 1 unspecified atom stereocenters. The molecule has 0 saturated heterocycles. The highest BCUT2D eigenvalue weighted by atomic mass is 19.1. The smallest absolute Gasteiger partial charge is 0.245 e. The predicted molar refractivity (Wildman–Crippen MR) is 59.5 cm³/mol. The highest BCUT2D eigenvalue weighted by Crippen LogP contribution is 2.18. The molecule has 1 aromatic rings. The molecule has 0 saturated carbocycles. The van der Waals surface area contributed by atoms with Crippen LogP contribution in [0.4, 0.5) is 10.1 Å². The van der Waals surface area contributed by atoms with Crippen LogP contribution in [0.1, 0.15) is 6.92 Å². The van der Waals surface area contributed by atoms with E-state index in [9.17, 15) is 9.18 Å². The number of para-hydroxylation sites is 1. The van der Waals surface area contributed by atoms with Crippen LogP contribution >= 0.6 is 0 Å². The van der Waals surface area contributed by atoms with Crippen LogP contribution in [-0.2, 0) is 9.53 Å². The fourth-order valence-corrected chi connectivity index (χ4v) is 1.32. The highest BCUT2D eigenvalue weighted by molar-refractivity contribution is 5.87. The van der Waals surface area contributed by atoms with E-state index in [0.29, 0.717) is 0 Å². The van der Waals surface area contributed by atoms with Crippen molar-refractivity contribution in [2.75, 3.05) is 19.0 Å². The van der Waals surface area contributed by atoms with E-state index in [1.807, 2.05) is 0 Å². The molecule has 1 aromatic carbocycles. The average molecular weight is 226 g/mol. The molecule has 3 N–H and O–H groups in total. The number of benzene rings is 1. The van der Waals surface area contributed by atoms with Gasteiger partial charge in [0.25, 0.3) is 0 Å². The number of amides is 1. The van der Waals surface area contributed by atoms with E-state index < -0.39 is 17.3 Å². The van der Waals surface area contributed by atoms with E-state index >= 15 is 0 Å². The van der Waals surface area contributed by atoms with E-state index in [4.69, 9.17) is 10.5 Å². The molecule has 0 bridgehead atoms. The summed E-state index contributed by atoms with van der Waals surface area (Å²) < 4.78 is 18.3. The quantitative estimate of drug-likeness (QED) is 0.791. The van der Waals surface area contributed by atoms with Gasteiger partial charge in [-0.15, -0.1) is 0 Å². The normalized spacial score (nSPS) is 14.2. The summed E-state index contributed by atoms with van der Waals surface area (Å²) in [6.07, 6.45) is 0. The first-order valence-corrected chi connectivity index (χ1v) is 4.81. The molecule has 1 amide bonds. The van der Waals surface area contributed by atoms with Gasteiger partial charge < -0.3 is 15.8 Å². The lowest BCUT2D eigenvalue weighted by Gasteiger charge is -2.27. The number of hydrogen-bond acceptors (Lipinski definition) is 3. The second-order valence-corrected chi connectivity index (χ2v) is 3.73. The third kappa shape index (κ3) is 2.70. The van der Waals surface area contributed by atoms with Crippen molar-refractivity contribution in [3.8, 4) is 0 Å². The van der Waals surface area contributed by atoms with Gasteiger partial charge in [0.2, 0.25) is 5.91 Å². The van der Waals surface area contributed by atoms with Crippen molar-refractivity contribution in [2.45, 2.75) is 12.5 Å². The lowest BCUT2D eigenvalue weighted by Crippen LogP contribution is -2.51. The summed E-state index contributed by atoms with van der Waals surface area (Å²) in [5.74, 6) is -1.04. The van der Waals surface area contributed by atoms with E-state index in [-0.39, 0.29) is 12.3 Å². The standard InChI is InChI=1S/C11H15FN2O2/c1-11(7-16-2,10(13)15)14-9-6-4-3-5-8(9)12/h3-6,14H,7H2,1-2H3,(H2,13,15). The number of carbonyl (C=O) groups is 1. The lowest BCUT2D eigenvalue weighted by atomic mass is 10.0. The number of halogens is 1. The Morgan fingerprint density at radius 1 is 1.56 bits per heavy atom. The molecule has 0 aromatic heterocycles. The topological polar surface area (TPSA) is 64.3 Å². The van der Waals surface area contributed by atoms with Gasteiger partial charge >= 0.3 is 0 Å². The summed E-state index contributed by atoms with van der Waals surface area (Å²) >= 11 is 0. The molecule has 5 heteroatoms. The first kappa shape index (κ1) is 12.4. The van der Waals surface area contributed by atoms with Crippen LogP contribution in [0.2, 0.25) is 0 Å². The monoisotopic (exact) mass is 226 g/mol. The van der Waals surface area contributed by atoms with Gasteiger partial charge in [0.05, 0.1) is 12.3 Å². The van der Waals surface area contributed by atoms with Gasteiger partial charge in [-0.25, -0.2) is 4.39 Å². The first-order chi connectivity index (χ1) is 7.49. The Hall–Kier alpha value is -1.62. The number of anilines is 1. The fraction of sp³-hybridized carbons (Fsp3) is 0.364. The minimum atomic E-state index is -1.13. The van der Waals surface area contributed by atoms with Gasteiger partial charge in [-0.1, -0.05) is 12.1 Å². The van der Waals surface area contributed by atoms with Crippen molar-refractivity contribution in [3.63, 3.8) is 0 Å². The molecule has 0 aliphatic carbocycles. The number of ether oxygens (including phenoxy) is 1. The lowest BCUT2D eigenvalue weighted by molar-refractivity contribution is -0.123. The molecule has 4 nitrogen and oxygen atoms in total. The molecule has 16 heavy (non-hydrogen) atoms. The van der Waals surface area contributed by atoms with Gasteiger partial charge in [-0.05, 0) is 19.1 Å². The number of nitrogens with one attached hydrogen (secondary N) is 1. The van der Waals surface area contributed by atoms with Crippen LogP contribution in [0.25, 0.3) is 0 Å². The van der Waals surface area contributed by atoms with Crippen LogP contribution in [0.3, 0.4) is 0 Å². The number of nitrogens with two attached hydrogens (primary N) is 1. The van der Waals surface area contributed by atoms with Crippen LogP contribution in [0, 0.1) is 5.82 Å². The molecule has 1 rings (SSSR count). The minimum Gasteiger partial charge on any atom is -0.382 e. The molecule has 1 atom stereocenters. The molecular formula is C11H15FN2O2. The zero-order valence-corrected chi connectivity index (χ0v) is 9.29. The van der Waals surface area contributed by atoms with Crippen LogP contribution in [-0.4, -0.2) is 25.2 Å². The Bertz CT molecular complexity index is 384. The van der Waals surface area contributed by atoms with Crippen molar-refractivity contribution in [2.24, 2.45) is 5.73 Å². The molecule has 0 heterocycles. The molecule has 0 aliphatic heterocycles. The van der Waals surface area contributed by atoms with E-state index in [1.165, 1.54) is 19.2 Å². The van der Waals surface area contributed by atoms with Crippen molar-refractivity contribution < 1.29 is 13.9 Å². The maximum absolute atomic E-state index is 13.4. The Morgan fingerprint density at radius 3 is 2.69 bits per heavy atom. The second-order valence-electron chi connectivity index (χ2n) is 3.73. The van der Waals surface area contributed by atoms with Crippen molar-refractivity contribution >= 4 is 11.6 Å². The summed E-state index contributed by atoms with van der Waals surface area (Å²) in [5.41, 5.74) is 4.35. The van der Waals surface area contributed by atoms with Crippen molar-refractivity contribution in [3.05, 3.63) is 30.1 Å². The number of primary amides is 1. The number of rotatable bonds is 5. The largest absolute Gasteiger partial charge is 0.382 e. The van der Waals surface area contributed by atoms with E-state index in [1.54, 1.807) is 19.1 Å². The Labute approximate surface area is 93.6 Å². The van der Waals surface area contributed by atoms with E-state index in [0.717, 1.165) is 0 Å². The van der Waals surface area contributed by atoms with Gasteiger partial charge in [0.15, 0.2) is 0 Å². The van der Waals surface area contributed by atoms with Crippen LogP contribution in [0.15, 0.2) is 24.3 Å². The third-order valence-corrected chi connectivity index (χ3v) is 2.26. The number of methoxy groups -OCH3 is 1. The summed E-state index contributed by atoms with van der Waals surface area (Å²) in [6, 6.07) is 6.07. The first-order valence-electron chi connectivity index (χ1n) is 4.81. The fourth-order valence-electron chi connectivity index (χ4n) is 1.32. The molecule has 88 valence electrons. The summed E-state index contributed by atoms with van der Waals surface area (Å²) in [7, 11) is 1.45. The Kier molecular flexibility index (Phi) is 3.84. The zero-order valence-electron chi connectivity index (χ0n) is 9.29. The van der Waals surface area contributed by atoms with E-state index in [2.05, 4.69) is 5.32 Å². The minimum absolute atomic E-state index is 0.0661. The van der Waals surface area contributed by atoms with Crippen LogP contribution in [0.5, 0.6) is 0 Å². The van der Waals surface area contributed by atoms with Gasteiger partial charge in [-0.2, -0.15) is 0 Å². The Balaban J connectivity index is 2.92. The molecular weight excluding hydrogens is 211 g/mol. The molecule has 0 radical (unpaired) electrons. The van der Waals surface area contributed by atoms with Crippen LogP contribution < -0.4 is 11.1 Å². The summed E-state index contributed by atoms with van der Waals surface area (Å²) in [6.45, 7) is 1.63. The van der Waals surface area contributed by atoms with Gasteiger partial charge in [0, 0.05) is 7.11 Å². The van der Waals surface area contributed by atoms with Crippen molar-refractivity contribution in [1.29, 1.82) is 0 Å². The average Bonchev–Trinajstić information content (AvgIpc) is 2.21. The van der Waals surface area contributed by atoms with Gasteiger partial charge in [-0.3, -0.25) is 4.79 Å². The van der Waals surface area contributed by atoms with Gasteiger partial charge in [0.1, 0.15) is 11.4 Å². The number of carbonyl (C=O) groups excluding carboxylic acids is 1. The highest BCUT2D eigenvalue weighted by Gasteiger charge is 2.31. The predicted octanol–water partition coefficient (Wildman–Crippen LogP) is 1.13. The molecule has 0 aliphatic rings. The maximum Gasteiger partial charge on any atom is 0.245 e.